The highest BCUT2D eigenvalue weighted by atomic mass is 19.1. The monoisotopic (exact) mass is 488 g/mol. The van der Waals surface area contributed by atoms with E-state index in [1.54, 1.807) is 36.4 Å². The molecule has 1 saturated heterocycles. The van der Waals surface area contributed by atoms with E-state index in [1.165, 1.54) is 12.1 Å². The van der Waals surface area contributed by atoms with Crippen LogP contribution in [0.4, 0.5) is 10.2 Å². The third-order valence-corrected chi connectivity index (χ3v) is 7.02. The lowest BCUT2D eigenvalue weighted by atomic mass is 9.78. The second kappa shape index (κ2) is 10.5. The number of aromatic nitrogens is 1. The molecule has 8 heteroatoms. The van der Waals surface area contributed by atoms with Crippen molar-refractivity contribution in [2.45, 2.75) is 12.0 Å². The van der Waals surface area contributed by atoms with Gasteiger partial charge >= 0.3 is 0 Å². The van der Waals surface area contributed by atoms with Crippen molar-refractivity contribution < 1.29 is 18.7 Å². The summed E-state index contributed by atoms with van der Waals surface area (Å²) < 4.78 is 19.1. The van der Waals surface area contributed by atoms with E-state index in [0.29, 0.717) is 50.5 Å². The topological polar surface area (TPSA) is 66.0 Å². The van der Waals surface area contributed by atoms with Crippen LogP contribution in [0.15, 0.2) is 72.9 Å². The van der Waals surface area contributed by atoms with Crippen molar-refractivity contribution in [3.8, 4) is 0 Å². The lowest BCUT2D eigenvalue weighted by Crippen LogP contribution is -2.54. The molecule has 2 aromatic carbocycles. The second-order valence-corrected chi connectivity index (χ2v) is 9.05. The number of benzene rings is 2. The van der Waals surface area contributed by atoms with Gasteiger partial charge < -0.3 is 19.4 Å². The number of piperazine rings is 1. The summed E-state index contributed by atoms with van der Waals surface area (Å²) in [7, 11) is 1.58. The van der Waals surface area contributed by atoms with Gasteiger partial charge in [0.05, 0.1) is 18.6 Å². The highest BCUT2D eigenvalue weighted by Gasteiger charge is 2.45. The molecule has 3 heterocycles. The number of hydrogen-bond acceptors (Lipinski definition) is 5. The van der Waals surface area contributed by atoms with Gasteiger partial charge in [-0.2, -0.15) is 0 Å². The highest BCUT2D eigenvalue weighted by Crippen LogP contribution is 2.43. The van der Waals surface area contributed by atoms with Crippen molar-refractivity contribution in [2.24, 2.45) is 0 Å². The first-order valence-electron chi connectivity index (χ1n) is 12.2. The molecule has 0 spiro atoms. The van der Waals surface area contributed by atoms with E-state index in [2.05, 4.69) is 9.88 Å². The van der Waals surface area contributed by atoms with Gasteiger partial charge in [0.25, 0.3) is 5.91 Å². The van der Waals surface area contributed by atoms with E-state index in [1.807, 2.05) is 41.3 Å². The molecule has 1 fully saturated rings. The molecule has 0 N–H and O–H groups in total. The van der Waals surface area contributed by atoms with Crippen LogP contribution in [0.3, 0.4) is 0 Å². The average molecular weight is 489 g/mol. The summed E-state index contributed by atoms with van der Waals surface area (Å²) in [6, 6.07) is 18.7. The van der Waals surface area contributed by atoms with Crippen LogP contribution in [0, 0.1) is 5.82 Å². The minimum Gasteiger partial charge on any atom is -0.383 e. The second-order valence-electron chi connectivity index (χ2n) is 9.05. The summed E-state index contributed by atoms with van der Waals surface area (Å²) in [5.74, 6) is -0.262. The van der Waals surface area contributed by atoms with Crippen molar-refractivity contribution >= 4 is 17.6 Å². The first-order valence-corrected chi connectivity index (χ1v) is 12.2. The number of methoxy groups -OCH3 is 1. The Kier molecular flexibility index (Phi) is 6.95. The summed E-state index contributed by atoms with van der Waals surface area (Å²) in [4.78, 5) is 37.9. The number of nitrogens with zero attached hydrogens (tertiary/aromatic N) is 4. The van der Waals surface area contributed by atoms with E-state index in [9.17, 15) is 14.0 Å². The summed E-state index contributed by atoms with van der Waals surface area (Å²) >= 11 is 0. The van der Waals surface area contributed by atoms with Gasteiger partial charge in [-0.3, -0.25) is 9.59 Å². The minimum absolute atomic E-state index is 0.0348. The third-order valence-electron chi connectivity index (χ3n) is 7.02. The fourth-order valence-corrected chi connectivity index (χ4v) is 5.22. The van der Waals surface area contributed by atoms with Crippen molar-refractivity contribution in [3.05, 3.63) is 95.4 Å². The Morgan fingerprint density at radius 3 is 2.42 bits per heavy atom. The maximum Gasteiger partial charge on any atom is 0.254 e. The summed E-state index contributed by atoms with van der Waals surface area (Å²) in [6.45, 7) is 3.10. The molecular formula is C28H29FN4O3. The number of amides is 2. The molecule has 5 rings (SSSR count). The molecule has 3 aromatic rings. The number of carbonyl (C=O) groups excluding carboxylic acids is 2. The van der Waals surface area contributed by atoms with E-state index < -0.39 is 12.0 Å². The van der Waals surface area contributed by atoms with Crippen LogP contribution >= 0.6 is 0 Å². The number of fused-ring (bicyclic) bond motifs is 1. The molecule has 2 atom stereocenters. The molecular weight excluding hydrogens is 459 g/mol. The van der Waals surface area contributed by atoms with Crippen LogP contribution in [0.5, 0.6) is 0 Å². The molecule has 2 aliphatic rings. The first-order chi connectivity index (χ1) is 17.6. The van der Waals surface area contributed by atoms with E-state index in [4.69, 9.17) is 4.74 Å². The van der Waals surface area contributed by atoms with Gasteiger partial charge in [-0.1, -0.05) is 36.4 Å². The van der Waals surface area contributed by atoms with Crippen LogP contribution < -0.4 is 4.90 Å². The minimum atomic E-state index is -0.609. The smallest absolute Gasteiger partial charge is 0.254 e. The zero-order valence-corrected chi connectivity index (χ0v) is 20.2. The number of anilines is 1. The van der Waals surface area contributed by atoms with Crippen LogP contribution in [-0.2, 0) is 9.53 Å². The largest absolute Gasteiger partial charge is 0.383 e. The SMILES string of the molecule is COCCN1C(=O)c2ccccc2[C@@H](C(=O)N2CCN(c3ccccn3)CC2)[C@H]1c1ccc(F)cc1. The Morgan fingerprint density at radius 2 is 1.72 bits per heavy atom. The molecule has 2 amide bonds. The molecule has 0 radical (unpaired) electrons. The van der Waals surface area contributed by atoms with Crippen LogP contribution in [0.25, 0.3) is 0 Å². The Hall–Kier alpha value is -3.78. The number of pyridine rings is 1. The normalized spacial score (nSPS) is 19.8. The average Bonchev–Trinajstić information content (AvgIpc) is 2.93. The van der Waals surface area contributed by atoms with Gasteiger partial charge in [0.1, 0.15) is 11.6 Å². The van der Waals surface area contributed by atoms with Crippen LogP contribution in [-0.4, -0.2) is 73.0 Å². The Labute approximate surface area is 210 Å². The van der Waals surface area contributed by atoms with Crippen LogP contribution in [0.1, 0.15) is 33.4 Å². The summed E-state index contributed by atoms with van der Waals surface area (Å²) in [5, 5.41) is 0. The van der Waals surface area contributed by atoms with Crippen molar-refractivity contribution in [2.75, 3.05) is 51.3 Å². The Bertz CT molecular complexity index is 1210. The van der Waals surface area contributed by atoms with Gasteiger partial charge in [0, 0.05) is 51.6 Å². The lowest BCUT2D eigenvalue weighted by molar-refractivity contribution is -0.135. The van der Waals surface area contributed by atoms with Crippen molar-refractivity contribution in [1.29, 1.82) is 0 Å². The predicted octanol–water partition coefficient (Wildman–Crippen LogP) is 3.50. The number of hydrogen-bond donors (Lipinski definition) is 0. The molecule has 7 nitrogen and oxygen atoms in total. The molecule has 186 valence electrons. The molecule has 1 aromatic heterocycles. The molecule has 0 aliphatic carbocycles. The number of carbonyl (C=O) groups is 2. The third kappa shape index (κ3) is 4.56. The summed E-state index contributed by atoms with van der Waals surface area (Å²) in [6.07, 6.45) is 1.77. The standard InChI is InChI=1S/C28H29FN4O3/c1-36-19-18-33-26(20-9-11-21(29)12-10-20)25(22-6-2-3-7-23(22)27(33)34)28(35)32-16-14-31(15-17-32)24-8-4-5-13-30-24/h2-13,25-26H,14-19H2,1H3/t25-,26-/m1/s1. The molecule has 36 heavy (non-hydrogen) atoms. The van der Waals surface area contributed by atoms with Crippen molar-refractivity contribution in [1.82, 2.24) is 14.8 Å². The lowest BCUT2D eigenvalue weighted by Gasteiger charge is -2.44. The van der Waals surface area contributed by atoms with E-state index in [-0.39, 0.29) is 17.6 Å². The van der Waals surface area contributed by atoms with Gasteiger partial charge in [-0.25, -0.2) is 9.37 Å². The Morgan fingerprint density at radius 1 is 1.00 bits per heavy atom. The molecule has 0 saturated carbocycles. The zero-order valence-electron chi connectivity index (χ0n) is 20.2. The quantitative estimate of drug-likeness (QED) is 0.532. The number of ether oxygens (including phenoxy) is 1. The van der Waals surface area contributed by atoms with Crippen molar-refractivity contribution in [3.63, 3.8) is 0 Å². The maximum absolute atomic E-state index is 14.2. The molecule has 0 unspecified atom stereocenters. The van der Waals surface area contributed by atoms with Gasteiger partial charge in [-0.15, -0.1) is 0 Å². The molecule has 2 aliphatic heterocycles. The zero-order chi connectivity index (χ0) is 25.1. The van der Waals surface area contributed by atoms with Gasteiger partial charge in [-0.05, 0) is 41.5 Å². The fourth-order valence-electron chi connectivity index (χ4n) is 5.22. The Balaban J connectivity index is 1.50. The molecule has 0 bridgehead atoms. The first kappa shape index (κ1) is 23.9. The number of rotatable bonds is 6. The highest BCUT2D eigenvalue weighted by molar-refractivity contribution is 6.01. The fraction of sp³-hybridized carbons (Fsp3) is 0.321. The predicted molar refractivity (Wildman–Crippen MR) is 134 cm³/mol. The van der Waals surface area contributed by atoms with Gasteiger partial charge in [0.2, 0.25) is 5.91 Å². The maximum atomic E-state index is 14.2. The summed E-state index contributed by atoms with van der Waals surface area (Å²) in [5.41, 5.74) is 1.96. The number of halogens is 1. The van der Waals surface area contributed by atoms with Gasteiger partial charge in [0.15, 0.2) is 0 Å². The van der Waals surface area contributed by atoms with E-state index >= 15 is 0 Å². The van der Waals surface area contributed by atoms with E-state index in [0.717, 1.165) is 11.4 Å². The van der Waals surface area contributed by atoms with Crippen LogP contribution in [0.2, 0.25) is 0 Å².